The van der Waals surface area contributed by atoms with Crippen LogP contribution in [0.1, 0.15) is 21.9 Å². The minimum atomic E-state index is -0.533. The van der Waals surface area contributed by atoms with Crippen molar-refractivity contribution in [2.45, 2.75) is 13.5 Å². The Balaban J connectivity index is 1.75. The number of halogens is 3. The highest BCUT2D eigenvalue weighted by atomic mass is 35.5. The van der Waals surface area contributed by atoms with Gasteiger partial charge in [0, 0.05) is 23.9 Å². The fourth-order valence-corrected chi connectivity index (χ4v) is 2.56. The van der Waals surface area contributed by atoms with E-state index >= 15 is 0 Å². The quantitative estimate of drug-likeness (QED) is 0.680. The molecule has 0 aliphatic carbocycles. The lowest BCUT2D eigenvalue weighted by Crippen LogP contribution is -2.25. The summed E-state index contributed by atoms with van der Waals surface area (Å²) in [4.78, 5) is 20.7. The summed E-state index contributed by atoms with van der Waals surface area (Å²) in [5.41, 5.74) is 1.00. The molecule has 8 heteroatoms. The van der Waals surface area contributed by atoms with Crippen molar-refractivity contribution in [3.05, 3.63) is 82.3 Å². The Labute approximate surface area is 159 Å². The first-order chi connectivity index (χ1) is 12.9. The van der Waals surface area contributed by atoms with Gasteiger partial charge in [-0.25, -0.2) is 18.7 Å². The maximum atomic E-state index is 13.6. The van der Waals surface area contributed by atoms with Gasteiger partial charge < -0.3 is 10.6 Å². The number of hydrogen-bond donors (Lipinski definition) is 2. The Bertz CT molecular complexity index is 997. The Morgan fingerprint density at radius 2 is 1.85 bits per heavy atom. The minimum Gasteiger partial charge on any atom is -0.347 e. The Kier molecular flexibility index (Phi) is 5.61. The number of nitrogens with zero attached hydrogens (tertiary/aromatic N) is 2. The van der Waals surface area contributed by atoms with E-state index in [1.165, 1.54) is 30.3 Å². The van der Waals surface area contributed by atoms with E-state index in [2.05, 4.69) is 20.6 Å². The molecule has 2 N–H and O–H groups in total. The molecule has 5 nitrogen and oxygen atoms in total. The number of hydrogen-bond acceptors (Lipinski definition) is 4. The van der Waals surface area contributed by atoms with Gasteiger partial charge in [-0.3, -0.25) is 4.79 Å². The van der Waals surface area contributed by atoms with Crippen molar-refractivity contribution in [3.63, 3.8) is 0 Å². The molecule has 0 atom stereocenters. The monoisotopic (exact) mass is 388 g/mol. The number of carbonyl (C=O) groups excluding carboxylic acids is 1. The van der Waals surface area contributed by atoms with Crippen molar-refractivity contribution in [3.8, 4) is 0 Å². The average Bonchev–Trinajstić information content (AvgIpc) is 2.63. The van der Waals surface area contributed by atoms with Gasteiger partial charge in [0.2, 0.25) is 0 Å². The van der Waals surface area contributed by atoms with Crippen LogP contribution >= 0.6 is 11.6 Å². The van der Waals surface area contributed by atoms with Crippen LogP contribution in [-0.2, 0) is 6.54 Å². The molecule has 1 amide bonds. The number of amides is 1. The van der Waals surface area contributed by atoms with Crippen molar-refractivity contribution in [1.82, 2.24) is 15.3 Å². The second-order valence-electron chi connectivity index (χ2n) is 5.71. The van der Waals surface area contributed by atoms with Gasteiger partial charge in [0.15, 0.2) is 0 Å². The summed E-state index contributed by atoms with van der Waals surface area (Å²) in [5.74, 6) is -0.684. The summed E-state index contributed by atoms with van der Waals surface area (Å²) in [7, 11) is 0. The van der Waals surface area contributed by atoms with Crippen LogP contribution in [0.4, 0.5) is 20.3 Å². The van der Waals surface area contributed by atoms with E-state index in [0.717, 1.165) is 0 Å². The van der Waals surface area contributed by atoms with Crippen LogP contribution in [0, 0.1) is 18.6 Å². The number of aryl methyl sites for hydroxylation is 1. The first-order valence-electron chi connectivity index (χ1n) is 8.02. The fourth-order valence-electron chi connectivity index (χ4n) is 2.38. The topological polar surface area (TPSA) is 66.9 Å². The zero-order valence-electron chi connectivity index (χ0n) is 14.3. The number of anilines is 2. The van der Waals surface area contributed by atoms with Crippen molar-refractivity contribution < 1.29 is 13.6 Å². The molecule has 0 saturated heterocycles. The molecule has 0 spiro atoms. The van der Waals surface area contributed by atoms with Gasteiger partial charge in [0.1, 0.15) is 29.0 Å². The predicted octanol–water partition coefficient (Wildman–Crippen LogP) is 4.39. The number of aromatic nitrogens is 2. The highest BCUT2D eigenvalue weighted by Gasteiger charge is 2.12. The molecule has 0 bridgehead atoms. The van der Waals surface area contributed by atoms with E-state index < -0.39 is 17.5 Å². The predicted molar refractivity (Wildman–Crippen MR) is 99.0 cm³/mol. The van der Waals surface area contributed by atoms with E-state index in [1.807, 2.05) is 0 Å². The lowest BCUT2D eigenvalue weighted by Gasteiger charge is -2.10. The summed E-state index contributed by atoms with van der Waals surface area (Å²) < 4.78 is 26.9. The minimum absolute atomic E-state index is 0.0326. The van der Waals surface area contributed by atoms with Crippen LogP contribution in [0.25, 0.3) is 0 Å². The number of rotatable bonds is 5. The Morgan fingerprint density at radius 3 is 2.59 bits per heavy atom. The molecule has 0 radical (unpaired) electrons. The van der Waals surface area contributed by atoms with Crippen LogP contribution in [0.2, 0.25) is 5.02 Å². The zero-order valence-corrected chi connectivity index (χ0v) is 15.0. The maximum absolute atomic E-state index is 13.6. The van der Waals surface area contributed by atoms with Crippen molar-refractivity contribution >= 4 is 29.0 Å². The first kappa shape index (κ1) is 18.7. The van der Waals surface area contributed by atoms with Gasteiger partial charge in [-0.05, 0) is 31.2 Å². The van der Waals surface area contributed by atoms with Crippen LogP contribution in [-0.4, -0.2) is 15.9 Å². The summed E-state index contributed by atoms with van der Waals surface area (Å²) in [5, 5.41) is 5.54. The standard InChI is InChI=1S/C19H15ClF2N4O/c1-11-24-17(19(27)23-10-12-4-2-3-5-15(12)21)9-18(25-11)26-13-6-7-16(22)14(20)8-13/h2-9H,10H2,1H3,(H,23,27)(H,24,25,26). The Morgan fingerprint density at radius 1 is 1.07 bits per heavy atom. The molecule has 1 heterocycles. The molecule has 1 aromatic heterocycles. The molecule has 0 aliphatic heterocycles. The number of benzene rings is 2. The number of carbonyl (C=O) groups is 1. The smallest absolute Gasteiger partial charge is 0.270 e. The molecule has 0 unspecified atom stereocenters. The first-order valence-corrected chi connectivity index (χ1v) is 8.39. The number of nitrogens with one attached hydrogen (secondary N) is 2. The summed E-state index contributed by atoms with van der Waals surface area (Å²) in [6.45, 7) is 1.67. The van der Waals surface area contributed by atoms with E-state index in [-0.39, 0.29) is 17.3 Å². The molecular formula is C19H15ClF2N4O. The van der Waals surface area contributed by atoms with Crippen LogP contribution in [0.3, 0.4) is 0 Å². The lowest BCUT2D eigenvalue weighted by molar-refractivity contribution is 0.0945. The van der Waals surface area contributed by atoms with Gasteiger partial charge in [-0.1, -0.05) is 29.8 Å². The molecule has 0 saturated carbocycles. The van der Waals surface area contributed by atoms with E-state index in [9.17, 15) is 13.6 Å². The van der Waals surface area contributed by atoms with E-state index in [1.54, 1.807) is 25.1 Å². The normalized spacial score (nSPS) is 10.5. The largest absolute Gasteiger partial charge is 0.347 e. The van der Waals surface area contributed by atoms with Gasteiger partial charge in [-0.15, -0.1) is 0 Å². The van der Waals surface area contributed by atoms with E-state index in [0.29, 0.717) is 22.9 Å². The molecular weight excluding hydrogens is 374 g/mol. The second-order valence-corrected chi connectivity index (χ2v) is 6.12. The molecule has 3 rings (SSSR count). The van der Waals surface area contributed by atoms with E-state index in [4.69, 9.17) is 11.6 Å². The molecule has 0 aliphatic rings. The van der Waals surface area contributed by atoms with Gasteiger partial charge in [0.25, 0.3) is 5.91 Å². The van der Waals surface area contributed by atoms with Crippen molar-refractivity contribution in [2.75, 3.05) is 5.32 Å². The molecule has 0 fully saturated rings. The summed E-state index contributed by atoms with van der Waals surface area (Å²) in [6.07, 6.45) is 0. The molecule has 138 valence electrons. The Hall–Kier alpha value is -3.06. The van der Waals surface area contributed by atoms with Gasteiger partial charge in [-0.2, -0.15) is 0 Å². The summed E-state index contributed by atoms with van der Waals surface area (Å²) in [6, 6.07) is 11.8. The van der Waals surface area contributed by atoms with Crippen molar-refractivity contribution in [2.24, 2.45) is 0 Å². The highest BCUT2D eigenvalue weighted by molar-refractivity contribution is 6.31. The molecule has 27 heavy (non-hydrogen) atoms. The second kappa shape index (κ2) is 8.09. The van der Waals surface area contributed by atoms with Gasteiger partial charge in [0.05, 0.1) is 5.02 Å². The fraction of sp³-hybridized carbons (Fsp3) is 0.105. The SMILES string of the molecule is Cc1nc(Nc2ccc(F)c(Cl)c2)cc(C(=O)NCc2ccccc2F)n1. The van der Waals surface area contributed by atoms with Crippen LogP contribution < -0.4 is 10.6 Å². The average molecular weight is 389 g/mol. The third-order valence-electron chi connectivity index (χ3n) is 3.66. The zero-order chi connectivity index (χ0) is 19.4. The third-order valence-corrected chi connectivity index (χ3v) is 3.95. The van der Waals surface area contributed by atoms with Gasteiger partial charge >= 0.3 is 0 Å². The highest BCUT2D eigenvalue weighted by Crippen LogP contribution is 2.22. The van der Waals surface area contributed by atoms with Crippen LogP contribution in [0.5, 0.6) is 0 Å². The lowest BCUT2D eigenvalue weighted by atomic mass is 10.2. The third kappa shape index (κ3) is 4.77. The maximum Gasteiger partial charge on any atom is 0.270 e. The summed E-state index contributed by atoms with van der Waals surface area (Å²) >= 11 is 5.76. The molecule has 3 aromatic rings. The van der Waals surface area contributed by atoms with Crippen LogP contribution in [0.15, 0.2) is 48.5 Å². The van der Waals surface area contributed by atoms with Crippen molar-refractivity contribution in [1.29, 1.82) is 0 Å². The molecule has 2 aromatic carbocycles.